The summed E-state index contributed by atoms with van der Waals surface area (Å²) in [5.41, 5.74) is 0. The summed E-state index contributed by atoms with van der Waals surface area (Å²) >= 11 is 6.06. The van der Waals surface area contributed by atoms with E-state index in [-0.39, 0.29) is 11.1 Å². The van der Waals surface area contributed by atoms with E-state index in [1.165, 1.54) is 0 Å². The summed E-state index contributed by atoms with van der Waals surface area (Å²) in [7, 11) is 0. The molecule has 2 N–H and O–H groups in total. The Bertz CT molecular complexity index is 438. The van der Waals surface area contributed by atoms with Crippen LogP contribution in [0.15, 0.2) is 20.8 Å². The Hall–Kier alpha value is -0.590. The molecule has 0 radical (unpaired) electrons. The highest BCUT2D eigenvalue weighted by molar-refractivity contribution is 9.11. The zero-order valence-corrected chi connectivity index (χ0v) is 10.1. The fraction of sp³-hybridized carbons (Fsp3) is 0. The van der Waals surface area contributed by atoms with Crippen LogP contribution in [0.25, 0.3) is 6.08 Å². The Morgan fingerprint density at radius 2 is 2.29 bits per heavy atom. The standard InChI is InChI=1S/C8H5BrN2OS2/c9-6-2-1-4(13-6)3-5-7(12)11-8(10)14-5/h1-3H,(H2,10,11,12). The summed E-state index contributed by atoms with van der Waals surface area (Å²) in [6.45, 7) is 0. The SMILES string of the molecule is N=C1NC(=O)C(=Cc2ccc(Br)s2)S1. The monoisotopic (exact) mass is 288 g/mol. The van der Waals surface area contributed by atoms with E-state index in [2.05, 4.69) is 21.2 Å². The second-order valence-electron chi connectivity index (χ2n) is 2.54. The van der Waals surface area contributed by atoms with Gasteiger partial charge in [0.05, 0.1) is 8.69 Å². The van der Waals surface area contributed by atoms with Crippen LogP contribution in [-0.4, -0.2) is 11.1 Å². The molecule has 0 bridgehead atoms. The van der Waals surface area contributed by atoms with Crippen molar-refractivity contribution in [2.24, 2.45) is 0 Å². The molecule has 1 aromatic heterocycles. The molecule has 14 heavy (non-hydrogen) atoms. The van der Waals surface area contributed by atoms with E-state index in [9.17, 15) is 4.79 Å². The minimum absolute atomic E-state index is 0.190. The lowest BCUT2D eigenvalue weighted by atomic mass is 10.4. The molecule has 1 fully saturated rings. The van der Waals surface area contributed by atoms with Gasteiger partial charge in [-0.15, -0.1) is 11.3 Å². The number of carbonyl (C=O) groups excluding carboxylic acids is 1. The zero-order chi connectivity index (χ0) is 10.1. The number of thioether (sulfide) groups is 1. The highest BCUT2D eigenvalue weighted by Gasteiger charge is 2.22. The summed E-state index contributed by atoms with van der Waals surface area (Å²) in [6.07, 6.45) is 1.79. The maximum Gasteiger partial charge on any atom is 0.264 e. The van der Waals surface area contributed by atoms with E-state index in [1.807, 2.05) is 12.1 Å². The number of rotatable bonds is 1. The number of nitrogens with one attached hydrogen (secondary N) is 2. The number of halogens is 1. The van der Waals surface area contributed by atoms with Gasteiger partial charge >= 0.3 is 0 Å². The van der Waals surface area contributed by atoms with Crippen molar-refractivity contribution in [3.63, 3.8) is 0 Å². The molecule has 0 saturated carbocycles. The van der Waals surface area contributed by atoms with Crippen LogP contribution in [0.1, 0.15) is 4.88 Å². The van der Waals surface area contributed by atoms with Crippen LogP contribution >= 0.6 is 39.0 Å². The molecule has 6 heteroatoms. The van der Waals surface area contributed by atoms with Gasteiger partial charge in [-0.05, 0) is 45.9 Å². The molecule has 3 nitrogen and oxygen atoms in total. The number of carbonyl (C=O) groups is 1. The fourth-order valence-electron chi connectivity index (χ4n) is 0.977. The number of hydrogen-bond donors (Lipinski definition) is 2. The van der Waals surface area contributed by atoms with Crippen LogP contribution in [0, 0.1) is 5.41 Å². The van der Waals surface area contributed by atoms with Crippen LogP contribution in [0.2, 0.25) is 0 Å². The lowest BCUT2D eigenvalue weighted by Crippen LogP contribution is -2.18. The Morgan fingerprint density at radius 1 is 1.50 bits per heavy atom. The lowest BCUT2D eigenvalue weighted by Gasteiger charge is -1.88. The van der Waals surface area contributed by atoms with Crippen LogP contribution in [0.4, 0.5) is 0 Å². The molecule has 72 valence electrons. The van der Waals surface area contributed by atoms with Gasteiger partial charge in [-0.25, -0.2) is 0 Å². The molecule has 1 aliphatic heterocycles. The summed E-state index contributed by atoms with van der Waals surface area (Å²) < 4.78 is 1.03. The number of thiophene rings is 1. The number of amides is 1. The van der Waals surface area contributed by atoms with Gasteiger partial charge in [-0.1, -0.05) is 0 Å². The summed E-state index contributed by atoms with van der Waals surface area (Å²) in [5, 5.41) is 9.88. The van der Waals surface area contributed by atoms with Crippen molar-refractivity contribution in [1.82, 2.24) is 5.32 Å². The average molecular weight is 289 g/mol. The maximum absolute atomic E-state index is 11.2. The minimum atomic E-state index is -0.190. The van der Waals surface area contributed by atoms with E-state index < -0.39 is 0 Å². The summed E-state index contributed by atoms with van der Waals surface area (Å²) in [4.78, 5) is 12.8. The van der Waals surface area contributed by atoms with Gasteiger partial charge in [0.15, 0.2) is 5.17 Å². The van der Waals surface area contributed by atoms with Crippen molar-refractivity contribution in [2.45, 2.75) is 0 Å². The van der Waals surface area contributed by atoms with Crippen molar-refractivity contribution < 1.29 is 4.79 Å². The van der Waals surface area contributed by atoms with E-state index in [0.717, 1.165) is 20.4 Å². The van der Waals surface area contributed by atoms with Crippen molar-refractivity contribution in [2.75, 3.05) is 0 Å². The van der Waals surface area contributed by atoms with Crippen molar-refractivity contribution in [3.05, 3.63) is 25.7 Å². The second-order valence-corrected chi connectivity index (χ2v) is 6.08. The molecule has 1 saturated heterocycles. The molecule has 1 aromatic rings. The van der Waals surface area contributed by atoms with Crippen molar-refractivity contribution in [3.8, 4) is 0 Å². The largest absolute Gasteiger partial charge is 0.301 e. The van der Waals surface area contributed by atoms with Gasteiger partial charge in [-0.3, -0.25) is 10.2 Å². The van der Waals surface area contributed by atoms with E-state index >= 15 is 0 Å². The molecule has 1 aliphatic rings. The predicted molar refractivity (Wildman–Crippen MR) is 63.5 cm³/mol. The van der Waals surface area contributed by atoms with Crippen molar-refractivity contribution in [1.29, 1.82) is 5.41 Å². The van der Waals surface area contributed by atoms with E-state index in [4.69, 9.17) is 5.41 Å². The third kappa shape index (κ3) is 2.08. The molecule has 2 rings (SSSR count). The average Bonchev–Trinajstić information content (AvgIpc) is 2.61. The first kappa shape index (κ1) is 9.95. The number of hydrogen-bond acceptors (Lipinski definition) is 4. The first-order chi connectivity index (χ1) is 6.65. The quantitative estimate of drug-likeness (QED) is 0.781. The Morgan fingerprint density at radius 3 is 2.79 bits per heavy atom. The highest BCUT2D eigenvalue weighted by atomic mass is 79.9. The topological polar surface area (TPSA) is 53.0 Å². The van der Waals surface area contributed by atoms with Crippen molar-refractivity contribution >= 4 is 56.2 Å². The van der Waals surface area contributed by atoms with Crippen LogP contribution in [0.3, 0.4) is 0 Å². The maximum atomic E-state index is 11.2. The second kappa shape index (κ2) is 3.88. The van der Waals surface area contributed by atoms with Gasteiger partial charge < -0.3 is 5.32 Å². The highest BCUT2D eigenvalue weighted by Crippen LogP contribution is 2.29. The molecular weight excluding hydrogens is 284 g/mol. The molecule has 0 spiro atoms. The third-order valence-electron chi connectivity index (χ3n) is 1.53. The molecular formula is C8H5BrN2OS2. The first-order valence-corrected chi connectivity index (χ1v) is 6.12. The Labute approximate surface area is 97.2 Å². The molecule has 0 unspecified atom stereocenters. The minimum Gasteiger partial charge on any atom is -0.301 e. The lowest BCUT2D eigenvalue weighted by molar-refractivity contribution is -0.115. The van der Waals surface area contributed by atoms with Gasteiger partial charge in [0.2, 0.25) is 0 Å². The van der Waals surface area contributed by atoms with Gasteiger partial charge in [-0.2, -0.15) is 0 Å². The van der Waals surface area contributed by atoms with Crippen LogP contribution in [0.5, 0.6) is 0 Å². The molecule has 0 aliphatic carbocycles. The molecule has 0 aromatic carbocycles. The molecule has 0 atom stereocenters. The van der Waals surface area contributed by atoms with E-state index in [1.54, 1.807) is 17.4 Å². The molecule has 1 amide bonds. The van der Waals surface area contributed by atoms with Crippen LogP contribution < -0.4 is 5.32 Å². The number of amidine groups is 1. The Kier molecular flexibility index (Phi) is 2.76. The van der Waals surface area contributed by atoms with Gasteiger partial charge in [0.25, 0.3) is 5.91 Å². The first-order valence-electron chi connectivity index (χ1n) is 3.70. The summed E-state index contributed by atoms with van der Waals surface area (Å²) in [5.74, 6) is -0.190. The predicted octanol–water partition coefficient (Wildman–Crippen LogP) is 2.65. The fourth-order valence-corrected chi connectivity index (χ4v) is 3.11. The van der Waals surface area contributed by atoms with Gasteiger partial charge in [0, 0.05) is 4.88 Å². The summed E-state index contributed by atoms with van der Waals surface area (Å²) in [6, 6.07) is 3.86. The smallest absolute Gasteiger partial charge is 0.264 e. The van der Waals surface area contributed by atoms with Crippen LogP contribution in [-0.2, 0) is 4.79 Å². The normalized spacial score (nSPS) is 19.1. The Balaban J connectivity index is 2.27. The van der Waals surface area contributed by atoms with Gasteiger partial charge in [0.1, 0.15) is 0 Å². The van der Waals surface area contributed by atoms with E-state index in [0.29, 0.717) is 4.91 Å². The molecule has 2 heterocycles. The zero-order valence-electron chi connectivity index (χ0n) is 6.83. The third-order valence-corrected chi connectivity index (χ3v) is 3.93.